The van der Waals surface area contributed by atoms with E-state index in [9.17, 15) is 9.59 Å². The summed E-state index contributed by atoms with van der Waals surface area (Å²) >= 11 is 1.54. The lowest BCUT2D eigenvalue weighted by Gasteiger charge is -2.18. The third-order valence-electron chi connectivity index (χ3n) is 3.49. The lowest BCUT2D eigenvalue weighted by atomic mass is 9.88. The highest BCUT2D eigenvalue weighted by Gasteiger charge is 2.35. The molecule has 0 saturated carbocycles. The van der Waals surface area contributed by atoms with Gasteiger partial charge in [0, 0.05) is 16.9 Å². The van der Waals surface area contributed by atoms with Gasteiger partial charge in [0.2, 0.25) is 0 Å². The van der Waals surface area contributed by atoms with Crippen molar-refractivity contribution in [1.82, 2.24) is 0 Å². The van der Waals surface area contributed by atoms with Crippen molar-refractivity contribution >= 4 is 23.4 Å². The van der Waals surface area contributed by atoms with Crippen molar-refractivity contribution in [2.24, 2.45) is 10.8 Å². The molecule has 0 bridgehead atoms. The summed E-state index contributed by atoms with van der Waals surface area (Å²) in [6.45, 7) is 10.6. The smallest absolute Gasteiger partial charge is 0.174 e. The Balaban J connectivity index is 2.35. The minimum Gasteiger partial charge on any atom is -0.298 e. The Morgan fingerprint density at radius 2 is 1.95 bits per heavy atom. The molecule has 0 N–H and O–H groups in total. The highest BCUT2D eigenvalue weighted by molar-refractivity contribution is 7.14. The predicted octanol–water partition coefficient (Wildman–Crippen LogP) is 4.30. The molecule has 1 aromatic heterocycles. The minimum absolute atomic E-state index is 0.0368. The van der Waals surface area contributed by atoms with E-state index in [0.29, 0.717) is 16.9 Å². The molecule has 0 amide bonds. The number of Topliss-reactive ketones (excluding diaryl/α,β-unsaturated/α-hetero) is 1. The molecule has 0 saturated heterocycles. The van der Waals surface area contributed by atoms with Crippen molar-refractivity contribution in [3.05, 3.63) is 20.9 Å². The number of ketones is 1. The maximum absolute atomic E-state index is 12.4. The number of rotatable bonds is 3. The lowest BCUT2D eigenvalue weighted by Crippen LogP contribution is -2.14. The van der Waals surface area contributed by atoms with Crippen LogP contribution in [0, 0.1) is 10.8 Å². The molecule has 1 aliphatic rings. The number of hydrogen-bond acceptors (Lipinski definition) is 3. The average Bonchev–Trinajstić information content (AvgIpc) is 2.66. The Kier molecular flexibility index (Phi) is 3.46. The van der Waals surface area contributed by atoms with E-state index in [1.165, 1.54) is 4.88 Å². The van der Waals surface area contributed by atoms with Gasteiger partial charge in [-0.1, -0.05) is 34.6 Å². The maximum atomic E-state index is 12.4. The summed E-state index contributed by atoms with van der Waals surface area (Å²) in [5.41, 5.74) is 1.98. The summed E-state index contributed by atoms with van der Waals surface area (Å²) in [6, 6.07) is 0. The zero-order valence-corrected chi connectivity index (χ0v) is 13.2. The first-order valence-corrected chi connectivity index (χ1v) is 7.57. The summed E-state index contributed by atoms with van der Waals surface area (Å²) in [4.78, 5) is 25.7. The van der Waals surface area contributed by atoms with Crippen LogP contribution in [0.5, 0.6) is 0 Å². The number of fused-ring (bicyclic) bond motifs is 1. The first-order valence-electron chi connectivity index (χ1n) is 6.76. The molecule has 1 aromatic rings. The molecule has 0 unspecified atom stereocenters. The van der Waals surface area contributed by atoms with Crippen LogP contribution in [0.4, 0.5) is 0 Å². The van der Waals surface area contributed by atoms with Gasteiger partial charge in [-0.25, -0.2) is 0 Å². The largest absolute Gasteiger partial charge is 0.298 e. The van der Waals surface area contributed by atoms with Gasteiger partial charge in [-0.15, -0.1) is 11.3 Å². The molecule has 2 rings (SSSR count). The first-order chi connectivity index (χ1) is 8.63. The van der Waals surface area contributed by atoms with Gasteiger partial charge < -0.3 is 0 Å². The van der Waals surface area contributed by atoms with Crippen LogP contribution < -0.4 is 0 Å². The van der Waals surface area contributed by atoms with Crippen LogP contribution in [0.25, 0.3) is 0 Å². The standard InChI is InChI=1S/C16H22O2S/c1-15(2,3)7-12(18)14-11(9-17)10-6-16(4,5)8-13(10)19-14/h9H,6-8H2,1-5H3. The molecular formula is C16H22O2S. The average molecular weight is 278 g/mol. The second-order valence-electron chi connectivity index (χ2n) is 7.54. The van der Waals surface area contributed by atoms with E-state index in [4.69, 9.17) is 0 Å². The van der Waals surface area contributed by atoms with Crippen LogP contribution in [0.2, 0.25) is 0 Å². The molecule has 2 nitrogen and oxygen atoms in total. The van der Waals surface area contributed by atoms with Gasteiger partial charge >= 0.3 is 0 Å². The van der Waals surface area contributed by atoms with Crippen LogP contribution in [0.1, 0.15) is 71.5 Å². The van der Waals surface area contributed by atoms with E-state index < -0.39 is 0 Å². The topological polar surface area (TPSA) is 34.1 Å². The molecule has 0 fully saturated rings. The summed E-state index contributed by atoms with van der Waals surface area (Å²) < 4.78 is 0. The Bertz CT molecular complexity index is 530. The zero-order valence-electron chi connectivity index (χ0n) is 12.4. The molecule has 1 aliphatic carbocycles. The summed E-state index contributed by atoms with van der Waals surface area (Å²) in [7, 11) is 0. The number of carbonyl (C=O) groups is 2. The van der Waals surface area contributed by atoms with Crippen molar-refractivity contribution in [2.45, 2.75) is 53.9 Å². The lowest BCUT2D eigenvalue weighted by molar-refractivity contribution is 0.0938. The number of hydrogen-bond donors (Lipinski definition) is 0. The molecule has 104 valence electrons. The molecule has 0 spiro atoms. The normalized spacial score (nSPS) is 17.3. The van der Waals surface area contributed by atoms with E-state index in [1.54, 1.807) is 11.3 Å². The molecule has 0 atom stereocenters. The van der Waals surface area contributed by atoms with Gasteiger partial charge in [-0.3, -0.25) is 9.59 Å². The maximum Gasteiger partial charge on any atom is 0.174 e. The van der Waals surface area contributed by atoms with Crippen LogP contribution in [-0.2, 0) is 12.8 Å². The van der Waals surface area contributed by atoms with Gasteiger partial charge in [0.15, 0.2) is 12.1 Å². The monoisotopic (exact) mass is 278 g/mol. The van der Waals surface area contributed by atoms with E-state index >= 15 is 0 Å². The van der Waals surface area contributed by atoms with Crippen LogP contribution >= 0.6 is 11.3 Å². The summed E-state index contributed by atoms with van der Waals surface area (Å²) in [6.07, 6.45) is 3.27. The predicted molar refractivity (Wildman–Crippen MR) is 79.3 cm³/mol. The van der Waals surface area contributed by atoms with Gasteiger partial charge in [0.05, 0.1) is 4.88 Å². The fraction of sp³-hybridized carbons (Fsp3) is 0.625. The van der Waals surface area contributed by atoms with Crippen molar-refractivity contribution in [3.63, 3.8) is 0 Å². The second kappa shape index (κ2) is 4.55. The van der Waals surface area contributed by atoms with Crippen LogP contribution in [0.3, 0.4) is 0 Å². The second-order valence-corrected chi connectivity index (χ2v) is 8.65. The van der Waals surface area contributed by atoms with Crippen molar-refractivity contribution in [1.29, 1.82) is 0 Å². The Hall–Kier alpha value is -0.960. The fourth-order valence-electron chi connectivity index (χ4n) is 2.73. The van der Waals surface area contributed by atoms with Crippen molar-refractivity contribution in [3.8, 4) is 0 Å². The number of aldehydes is 1. The van der Waals surface area contributed by atoms with Gasteiger partial charge in [-0.2, -0.15) is 0 Å². The van der Waals surface area contributed by atoms with Gasteiger partial charge in [-0.05, 0) is 29.2 Å². The molecule has 19 heavy (non-hydrogen) atoms. The molecule has 3 heteroatoms. The van der Waals surface area contributed by atoms with Crippen LogP contribution in [0.15, 0.2) is 0 Å². The summed E-state index contributed by atoms with van der Waals surface area (Å²) in [5.74, 6) is 0.117. The Labute approximate surface area is 119 Å². The Morgan fingerprint density at radius 1 is 1.32 bits per heavy atom. The number of carbonyl (C=O) groups excluding carboxylic acids is 2. The SMILES string of the molecule is CC(C)(C)CC(=O)c1sc2c(c1C=O)CC(C)(C)C2. The van der Waals surface area contributed by atoms with E-state index in [1.807, 2.05) is 0 Å². The van der Waals surface area contributed by atoms with Crippen molar-refractivity contribution < 1.29 is 9.59 Å². The zero-order chi connectivity index (χ0) is 14.4. The molecular weight excluding hydrogens is 256 g/mol. The highest BCUT2D eigenvalue weighted by Crippen LogP contribution is 2.43. The van der Waals surface area contributed by atoms with Crippen molar-refractivity contribution in [2.75, 3.05) is 0 Å². The molecule has 1 heterocycles. The molecule has 0 radical (unpaired) electrons. The highest BCUT2D eigenvalue weighted by atomic mass is 32.1. The van der Waals surface area contributed by atoms with Gasteiger partial charge in [0.1, 0.15) is 0 Å². The first kappa shape index (κ1) is 14.4. The molecule has 0 aliphatic heterocycles. The third kappa shape index (κ3) is 2.97. The quantitative estimate of drug-likeness (QED) is 0.610. The van der Waals surface area contributed by atoms with Gasteiger partial charge in [0.25, 0.3) is 0 Å². The van der Waals surface area contributed by atoms with Crippen LogP contribution in [-0.4, -0.2) is 12.1 Å². The third-order valence-corrected chi connectivity index (χ3v) is 4.78. The Morgan fingerprint density at radius 3 is 2.47 bits per heavy atom. The minimum atomic E-state index is -0.0368. The van der Waals surface area contributed by atoms with E-state index in [0.717, 1.165) is 24.7 Å². The van der Waals surface area contributed by atoms with E-state index in [-0.39, 0.29) is 16.6 Å². The number of thiophene rings is 1. The summed E-state index contributed by atoms with van der Waals surface area (Å²) in [5, 5.41) is 0. The molecule has 0 aromatic carbocycles. The fourth-order valence-corrected chi connectivity index (χ4v) is 4.21. The van der Waals surface area contributed by atoms with E-state index in [2.05, 4.69) is 34.6 Å².